The number of hydrogen-bond donors (Lipinski definition) is 6. The number of aromatic nitrogens is 3. The van der Waals surface area contributed by atoms with Crippen LogP contribution in [-0.2, 0) is 0 Å². The van der Waals surface area contributed by atoms with Gasteiger partial charge in [-0.25, -0.2) is 0 Å². The van der Waals surface area contributed by atoms with Crippen molar-refractivity contribution in [3.63, 3.8) is 0 Å². The molecule has 348 valence electrons. The van der Waals surface area contributed by atoms with Crippen LogP contribution < -0.4 is 30.7 Å². The van der Waals surface area contributed by atoms with Gasteiger partial charge in [-0.05, 0) is 154 Å². The van der Waals surface area contributed by atoms with Gasteiger partial charge in [0.25, 0.3) is 0 Å². The van der Waals surface area contributed by atoms with Crippen LogP contribution in [0.2, 0.25) is 0 Å². The topological polar surface area (TPSA) is 145 Å². The maximum absolute atomic E-state index is 10.8. The fourth-order valence-corrected chi connectivity index (χ4v) is 10.9. The van der Waals surface area contributed by atoms with Crippen LogP contribution in [0.4, 0.5) is 17.8 Å². The molecule has 0 aromatic carbocycles. The summed E-state index contributed by atoms with van der Waals surface area (Å²) >= 11 is 0. The van der Waals surface area contributed by atoms with Crippen molar-refractivity contribution in [2.75, 3.05) is 54.2 Å². The Balaban J connectivity index is 2.21. The minimum atomic E-state index is -0.157. The smallest absolute Gasteiger partial charge is 0.232 e. The second kappa shape index (κ2) is 20.3. The third-order valence-corrected chi connectivity index (χ3v) is 15.6. The van der Waals surface area contributed by atoms with Gasteiger partial charge in [0.2, 0.25) is 17.8 Å². The van der Waals surface area contributed by atoms with Gasteiger partial charge in [0.1, 0.15) is 0 Å². The number of aliphatic hydroxyl groups is 3. The van der Waals surface area contributed by atoms with E-state index >= 15 is 0 Å². The van der Waals surface area contributed by atoms with Crippen molar-refractivity contribution < 1.29 is 15.3 Å². The Hall–Kier alpha value is -1.83. The Morgan fingerprint density at radius 1 is 0.500 bits per heavy atom. The van der Waals surface area contributed by atoms with E-state index in [9.17, 15) is 15.3 Å². The largest absolute Gasteiger partial charge is 0.396 e. The van der Waals surface area contributed by atoms with E-state index in [0.717, 1.165) is 77.4 Å². The van der Waals surface area contributed by atoms with Crippen molar-refractivity contribution in [2.24, 2.45) is 16.2 Å². The van der Waals surface area contributed by atoms with E-state index < -0.39 is 0 Å². The van der Waals surface area contributed by atoms with E-state index in [1.807, 2.05) is 0 Å². The van der Waals surface area contributed by atoms with Gasteiger partial charge in [-0.1, -0.05) is 62.3 Å². The highest BCUT2D eigenvalue weighted by Crippen LogP contribution is 2.44. The SMILES string of the molecule is CCC(C)(C)C(CCO)N(c1nc(N(C2CCNC(C)(C)C2)C(CCO)C(C)(C)CC)nc(N(C2CCNC(C)(C)C2)C(CCO)C(C)(C)CC)n1)C1CCNC(C)(C)C1. The second-order valence-corrected chi connectivity index (χ2v) is 22.9. The van der Waals surface area contributed by atoms with E-state index in [1.165, 1.54) is 0 Å². The molecule has 60 heavy (non-hydrogen) atoms. The van der Waals surface area contributed by atoms with Gasteiger partial charge in [-0.2, -0.15) is 15.0 Å². The van der Waals surface area contributed by atoms with E-state index in [-0.39, 0.29) is 88.9 Å². The van der Waals surface area contributed by atoms with Crippen molar-refractivity contribution in [3.05, 3.63) is 0 Å². The van der Waals surface area contributed by atoms with Crippen molar-refractivity contribution in [3.8, 4) is 0 Å². The Morgan fingerprint density at radius 2 is 0.733 bits per heavy atom. The summed E-state index contributed by atoms with van der Waals surface area (Å²) in [5, 5.41) is 43.9. The Labute approximate surface area is 367 Å². The Bertz CT molecular complexity index is 1300. The van der Waals surface area contributed by atoms with Gasteiger partial charge >= 0.3 is 0 Å². The summed E-state index contributed by atoms with van der Waals surface area (Å²) in [4.78, 5) is 24.9. The van der Waals surface area contributed by atoms with Gasteiger partial charge in [-0.3, -0.25) is 0 Å². The maximum Gasteiger partial charge on any atom is 0.232 e. The predicted molar refractivity (Wildman–Crippen MR) is 251 cm³/mol. The van der Waals surface area contributed by atoms with E-state index in [1.54, 1.807) is 0 Å². The summed E-state index contributed by atoms with van der Waals surface area (Å²) < 4.78 is 0. The van der Waals surface area contributed by atoms with E-state index in [0.29, 0.717) is 37.1 Å². The third kappa shape index (κ3) is 12.2. The molecule has 3 saturated heterocycles. The summed E-state index contributed by atoms with van der Waals surface area (Å²) in [6.07, 6.45) is 10.2. The van der Waals surface area contributed by atoms with Crippen molar-refractivity contribution in [1.82, 2.24) is 30.9 Å². The molecular weight excluding hydrogens is 751 g/mol. The third-order valence-electron chi connectivity index (χ3n) is 15.6. The zero-order valence-corrected chi connectivity index (χ0v) is 41.2. The standard InChI is InChI=1S/C48H93N9O3/c1-16-43(4,5)37(22-28-58)55(34-19-25-49-46(10,11)31-34)40-52-41(56(35-20-26-50-47(12,13)32-35)38(23-29-59)44(6,7)17-2)54-42(53-40)57(36-21-27-51-48(14,15)33-36)39(24-30-60)45(8,9)18-3/h34-39,49-51,58-60H,16-33H2,1-15H3. The first kappa shape index (κ1) is 50.8. The van der Waals surface area contributed by atoms with Crippen LogP contribution in [0.1, 0.15) is 181 Å². The number of rotatable bonds is 21. The molecule has 6 N–H and O–H groups in total. The first-order chi connectivity index (χ1) is 27.9. The highest BCUT2D eigenvalue weighted by atomic mass is 16.3. The Kier molecular flexibility index (Phi) is 17.2. The zero-order chi connectivity index (χ0) is 44.9. The first-order valence-electron chi connectivity index (χ1n) is 24.1. The van der Waals surface area contributed by atoms with Crippen LogP contribution in [0.15, 0.2) is 0 Å². The predicted octanol–water partition coefficient (Wildman–Crippen LogP) is 7.44. The summed E-state index contributed by atoms with van der Waals surface area (Å²) in [7, 11) is 0. The number of nitrogens with one attached hydrogen (secondary N) is 3. The lowest BCUT2D eigenvalue weighted by Crippen LogP contribution is -2.60. The monoisotopic (exact) mass is 844 g/mol. The quantitative estimate of drug-likeness (QED) is 0.0732. The first-order valence-corrected chi connectivity index (χ1v) is 24.1. The van der Waals surface area contributed by atoms with Gasteiger partial charge < -0.3 is 46.0 Å². The molecule has 1 aromatic heterocycles. The lowest BCUT2D eigenvalue weighted by atomic mass is 9.77. The van der Waals surface area contributed by atoms with Crippen LogP contribution in [0.3, 0.4) is 0 Å². The number of aliphatic hydroxyl groups excluding tert-OH is 3. The molecule has 4 rings (SSSR count). The zero-order valence-electron chi connectivity index (χ0n) is 41.2. The molecule has 3 fully saturated rings. The summed E-state index contributed by atoms with van der Waals surface area (Å²) in [6.45, 7) is 37.5. The molecule has 0 bridgehead atoms. The fourth-order valence-electron chi connectivity index (χ4n) is 10.9. The molecule has 12 heteroatoms. The summed E-state index contributed by atoms with van der Waals surface area (Å²) in [6, 6.07) is 0.285. The molecule has 6 unspecified atom stereocenters. The molecular formula is C48H93N9O3. The summed E-state index contributed by atoms with van der Waals surface area (Å²) in [5.74, 6) is 2.05. The molecule has 0 spiro atoms. The van der Waals surface area contributed by atoms with Crippen molar-refractivity contribution >= 4 is 17.8 Å². The van der Waals surface area contributed by atoms with Crippen LogP contribution in [-0.4, -0.2) is 123 Å². The number of anilines is 3. The molecule has 12 nitrogen and oxygen atoms in total. The van der Waals surface area contributed by atoms with Gasteiger partial charge in [0.15, 0.2) is 0 Å². The van der Waals surface area contributed by atoms with Crippen LogP contribution in [0.5, 0.6) is 0 Å². The van der Waals surface area contributed by atoms with E-state index in [4.69, 9.17) is 15.0 Å². The highest BCUT2D eigenvalue weighted by molar-refractivity contribution is 5.51. The molecule has 0 saturated carbocycles. The van der Waals surface area contributed by atoms with Crippen LogP contribution >= 0.6 is 0 Å². The minimum absolute atomic E-state index is 0.0346. The maximum atomic E-state index is 10.8. The van der Waals surface area contributed by atoms with E-state index in [2.05, 4.69) is 135 Å². The fraction of sp³-hybridized carbons (Fsp3) is 0.938. The average molecular weight is 844 g/mol. The minimum Gasteiger partial charge on any atom is -0.396 e. The van der Waals surface area contributed by atoms with Crippen LogP contribution in [0, 0.1) is 16.2 Å². The van der Waals surface area contributed by atoms with Gasteiger partial charge in [0.05, 0.1) is 0 Å². The lowest BCUT2D eigenvalue weighted by Gasteiger charge is -2.52. The summed E-state index contributed by atoms with van der Waals surface area (Å²) in [5.41, 5.74) is -0.739. The second-order valence-electron chi connectivity index (χ2n) is 22.9. The molecule has 0 amide bonds. The lowest BCUT2D eigenvalue weighted by molar-refractivity contribution is 0.166. The Morgan fingerprint density at radius 3 is 0.917 bits per heavy atom. The van der Waals surface area contributed by atoms with Gasteiger partial charge in [0, 0.05) is 72.7 Å². The molecule has 0 aliphatic carbocycles. The van der Waals surface area contributed by atoms with Crippen molar-refractivity contribution in [1.29, 1.82) is 0 Å². The highest BCUT2D eigenvalue weighted by Gasteiger charge is 2.47. The molecule has 3 aliphatic rings. The average Bonchev–Trinajstić information content (AvgIpc) is 3.16. The normalized spacial score (nSPS) is 25.0. The van der Waals surface area contributed by atoms with Crippen molar-refractivity contribution in [2.45, 2.75) is 234 Å². The van der Waals surface area contributed by atoms with Crippen LogP contribution in [0.25, 0.3) is 0 Å². The number of hydrogen-bond acceptors (Lipinski definition) is 12. The molecule has 1 aromatic rings. The molecule has 6 atom stereocenters. The van der Waals surface area contributed by atoms with Gasteiger partial charge in [-0.15, -0.1) is 0 Å². The number of nitrogens with zero attached hydrogens (tertiary/aromatic N) is 6. The molecule has 0 radical (unpaired) electrons. The number of piperidine rings is 3. The molecule has 4 heterocycles. The molecule has 3 aliphatic heterocycles.